The molecule has 1 N–H and O–H groups in total. The third-order valence-electron chi connectivity index (χ3n) is 3.97. The smallest absolute Gasteiger partial charge is 0.258 e. The molecule has 0 bridgehead atoms. The maximum atomic E-state index is 13.1. The second kappa shape index (κ2) is 7.97. The van der Waals surface area contributed by atoms with Gasteiger partial charge in [0.25, 0.3) is 5.91 Å². The molecular weight excluding hydrogens is 304 g/mol. The van der Waals surface area contributed by atoms with E-state index in [9.17, 15) is 4.79 Å². The SMILES string of the molecule is COc1cc(C)ccc1C(=O)N(CCN(C)C)Cc1nc[nH]c1C. The van der Waals surface area contributed by atoms with Crippen LogP contribution in [0.1, 0.15) is 27.3 Å². The van der Waals surface area contributed by atoms with Crippen LogP contribution in [-0.2, 0) is 6.54 Å². The summed E-state index contributed by atoms with van der Waals surface area (Å²) < 4.78 is 5.40. The summed E-state index contributed by atoms with van der Waals surface area (Å²) in [6.07, 6.45) is 1.66. The van der Waals surface area contributed by atoms with Crippen LogP contribution in [0.2, 0.25) is 0 Å². The fourth-order valence-corrected chi connectivity index (χ4v) is 2.45. The predicted octanol–water partition coefficient (Wildman–Crippen LogP) is 2.24. The third kappa shape index (κ3) is 4.35. The first-order valence-corrected chi connectivity index (χ1v) is 8.00. The predicted molar refractivity (Wildman–Crippen MR) is 94.4 cm³/mol. The van der Waals surface area contributed by atoms with E-state index in [1.54, 1.807) is 13.4 Å². The minimum absolute atomic E-state index is 0.0453. The van der Waals surface area contributed by atoms with Gasteiger partial charge < -0.3 is 19.5 Å². The molecule has 0 aliphatic rings. The average molecular weight is 330 g/mol. The van der Waals surface area contributed by atoms with Gasteiger partial charge in [-0.3, -0.25) is 4.79 Å². The van der Waals surface area contributed by atoms with Crippen molar-refractivity contribution in [2.75, 3.05) is 34.3 Å². The van der Waals surface area contributed by atoms with Crippen LogP contribution in [0, 0.1) is 13.8 Å². The van der Waals surface area contributed by atoms with Crippen molar-refractivity contribution in [2.24, 2.45) is 0 Å². The van der Waals surface area contributed by atoms with Gasteiger partial charge in [0.2, 0.25) is 0 Å². The molecule has 1 aromatic carbocycles. The number of H-pyrrole nitrogens is 1. The molecule has 0 saturated carbocycles. The lowest BCUT2D eigenvalue weighted by Gasteiger charge is -2.25. The number of hydrogen-bond acceptors (Lipinski definition) is 4. The lowest BCUT2D eigenvalue weighted by Crippen LogP contribution is -2.36. The van der Waals surface area contributed by atoms with Crippen LogP contribution in [0.25, 0.3) is 0 Å². The Hall–Kier alpha value is -2.34. The molecule has 0 aliphatic heterocycles. The van der Waals surface area contributed by atoms with Gasteiger partial charge in [-0.05, 0) is 45.6 Å². The zero-order valence-electron chi connectivity index (χ0n) is 15.1. The summed E-state index contributed by atoms with van der Waals surface area (Å²) in [6, 6.07) is 5.65. The molecule has 1 amide bonds. The number of aromatic nitrogens is 2. The molecule has 24 heavy (non-hydrogen) atoms. The van der Waals surface area contributed by atoms with Crippen molar-refractivity contribution in [3.8, 4) is 5.75 Å². The molecule has 2 rings (SSSR count). The van der Waals surface area contributed by atoms with Gasteiger partial charge in [-0.2, -0.15) is 0 Å². The van der Waals surface area contributed by atoms with E-state index >= 15 is 0 Å². The summed E-state index contributed by atoms with van der Waals surface area (Å²) in [5.74, 6) is 0.560. The summed E-state index contributed by atoms with van der Waals surface area (Å²) in [5, 5.41) is 0. The topological polar surface area (TPSA) is 61.5 Å². The van der Waals surface area contributed by atoms with E-state index in [1.807, 2.05) is 51.0 Å². The van der Waals surface area contributed by atoms with Crippen LogP contribution in [0.5, 0.6) is 5.75 Å². The molecule has 0 fully saturated rings. The molecule has 0 aliphatic carbocycles. The molecule has 6 nitrogen and oxygen atoms in total. The number of aryl methyl sites for hydroxylation is 2. The van der Waals surface area contributed by atoms with Gasteiger partial charge >= 0.3 is 0 Å². The highest BCUT2D eigenvalue weighted by atomic mass is 16.5. The van der Waals surface area contributed by atoms with Crippen molar-refractivity contribution >= 4 is 5.91 Å². The fraction of sp³-hybridized carbons (Fsp3) is 0.444. The summed E-state index contributed by atoms with van der Waals surface area (Å²) >= 11 is 0. The monoisotopic (exact) mass is 330 g/mol. The molecular formula is C18H26N4O2. The minimum atomic E-state index is -0.0453. The first kappa shape index (κ1) is 18.0. The number of aromatic amines is 1. The standard InChI is InChI=1S/C18H26N4O2/c1-13-6-7-15(17(10-13)24-5)18(23)22(9-8-21(3)4)11-16-14(2)19-12-20-16/h6-7,10,12H,8-9,11H2,1-5H3,(H,19,20). The van der Waals surface area contributed by atoms with E-state index in [1.165, 1.54) is 0 Å². The van der Waals surface area contributed by atoms with E-state index in [4.69, 9.17) is 4.74 Å². The summed E-state index contributed by atoms with van der Waals surface area (Å²) in [5.41, 5.74) is 3.50. The van der Waals surface area contributed by atoms with Crippen LogP contribution in [0.15, 0.2) is 24.5 Å². The largest absolute Gasteiger partial charge is 0.496 e. The molecule has 2 aromatic rings. The molecule has 0 atom stereocenters. The van der Waals surface area contributed by atoms with Crippen LogP contribution in [0.3, 0.4) is 0 Å². The van der Waals surface area contributed by atoms with Gasteiger partial charge in [0.05, 0.1) is 31.2 Å². The van der Waals surface area contributed by atoms with Gasteiger partial charge in [-0.25, -0.2) is 4.98 Å². The number of carbonyl (C=O) groups excluding carboxylic acids is 1. The summed E-state index contributed by atoms with van der Waals surface area (Å²) in [7, 11) is 5.58. The number of rotatable bonds is 7. The Balaban J connectivity index is 2.28. The Bertz CT molecular complexity index is 694. The Kier molecular flexibility index (Phi) is 5.98. The zero-order valence-corrected chi connectivity index (χ0v) is 15.1. The quantitative estimate of drug-likeness (QED) is 0.846. The van der Waals surface area contributed by atoms with Crippen molar-refractivity contribution in [3.05, 3.63) is 47.0 Å². The number of nitrogens with one attached hydrogen (secondary N) is 1. The number of carbonyl (C=O) groups is 1. The van der Waals surface area contributed by atoms with Gasteiger partial charge in [-0.15, -0.1) is 0 Å². The highest BCUT2D eigenvalue weighted by Crippen LogP contribution is 2.22. The maximum absolute atomic E-state index is 13.1. The van der Waals surface area contributed by atoms with E-state index in [-0.39, 0.29) is 5.91 Å². The molecule has 1 heterocycles. The zero-order chi connectivity index (χ0) is 17.7. The average Bonchev–Trinajstić information content (AvgIpc) is 2.95. The molecule has 0 unspecified atom stereocenters. The molecule has 6 heteroatoms. The maximum Gasteiger partial charge on any atom is 0.258 e. The number of amides is 1. The van der Waals surface area contributed by atoms with Crippen LogP contribution >= 0.6 is 0 Å². The number of likely N-dealkylation sites (N-methyl/N-ethyl adjacent to an activating group) is 1. The van der Waals surface area contributed by atoms with Crippen LogP contribution in [-0.4, -0.2) is 60.0 Å². The Morgan fingerprint density at radius 2 is 2.00 bits per heavy atom. The Morgan fingerprint density at radius 3 is 2.58 bits per heavy atom. The van der Waals surface area contributed by atoms with E-state index in [2.05, 4.69) is 14.9 Å². The summed E-state index contributed by atoms with van der Waals surface area (Å²) in [6.45, 7) is 5.81. The lowest BCUT2D eigenvalue weighted by atomic mass is 10.1. The second-order valence-corrected chi connectivity index (χ2v) is 6.21. The van der Waals surface area contributed by atoms with Crippen molar-refractivity contribution < 1.29 is 9.53 Å². The van der Waals surface area contributed by atoms with E-state index in [0.29, 0.717) is 24.4 Å². The molecule has 1 aromatic heterocycles. The summed E-state index contributed by atoms with van der Waals surface area (Å²) in [4.78, 5) is 24.3. The van der Waals surface area contributed by atoms with Gasteiger partial charge in [0, 0.05) is 18.8 Å². The first-order chi connectivity index (χ1) is 11.4. The van der Waals surface area contributed by atoms with Crippen molar-refractivity contribution in [1.29, 1.82) is 0 Å². The molecule has 0 saturated heterocycles. The minimum Gasteiger partial charge on any atom is -0.496 e. The molecule has 130 valence electrons. The number of benzene rings is 1. The number of methoxy groups -OCH3 is 1. The van der Waals surface area contributed by atoms with Crippen molar-refractivity contribution in [2.45, 2.75) is 20.4 Å². The first-order valence-electron chi connectivity index (χ1n) is 8.00. The lowest BCUT2D eigenvalue weighted by molar-refractivity contribution is 0.0726. The number of imidazole rings is 1. The third-order valence-corrected chi connectivity index (χ3v) is 3.97. The fourth-order valence-electron chi connectivity index (χ4n) is 2.45. The highest BCUT2D eigenvalue weighted by Gasteiger charge is 2.21. The molecule has 0 spiro atoms. The van der Waals surface area contributed by atoms with Crippen LogP contribution < -0.4 is 4.74 Å². The Morgan fingerprint density at radius 1 is 1.25 bits per heavy atom. The second-order valence-electron chi connectivity index (χ2n) is 6.21. The number of nitrogens with zero attached hydrogens (tertiary/aromatic N) is 3. The normalized spacial score (nSPS) is 10.9. The van der Waals surface area contributed by atoms with Crippen molar-refractivity contribution in [1.82, 2.24) is 19.8 Å². The highest BCUT2D eigenvalue weighted by molar-refractivity contribution is 5.97. The van der Waals surface area contributed by atoms with Gasteiger partial charge in [0.1, 0.15) is 5.75 Å². The van der Waals surface area contributed by atoms with E-state index < -0.39 is 0 Å². The Labute approximate surface area is 143 Å². The van der Waals surface area contributed by atoms with Gasteiger partial charge in [0.15, 0.2) is 0 Å². The number of ether oxygens (including phenoxy) is 1. The van der Waals surface area contributed by atoms with Crippen molar-refractivity contribution in [3.63, 3.8) is 0 Å². The number of hydrogen-bond donors (Lipinski definition) is 1. The molecule has 0 radical (unpaired) electrons. The van der Waals surface area contributed by atoms with Crippen LogP contribution in [0.4, 0.5) is 0 Å². The van der Waals surface area contributed by atoms with Gasteiger partial charge in [-0.1, -0.05) is 6.07 Å². The van der Waals surface area contributed by atoms with E-state index in [0.717, 1.165) is 23.5 Å².